The summed E-state index contributed by atoms with van der Waals surface area (Å²) >= 11 is 0. The standard InChI is InChI=1S/C11H13NO4/c1-16-11(15)9(12)6-7-3-2-4-8(5-7)10(13)14/h2-5,9H,6,12H2,1H3,(H,13,14)/t9-/m0/s1. The largest absolute Gasteiger partial charge is 0.478 e. The van der Waals surface area contributed by atoms with E-state index >= 15 is 0 Å². The van der Waals surface area contributed by atoms with Gasteiger partial charge in [0.25, 0.3) is 0 Å². The lowest BCUT2D eigenvalue weighted by molar-refractivity contribution is -0.142. The maximum atomic E-state index is 11.1. The van der Waals surface area contributed by atoms with Crippen molar-refractivity contribution in [1.29, 1.82) is 0 Å². The maximum absolute atomic E-state index is 11.1. The molecule has 0 bridgehead atoms. The van der Waals surface area contributed by atoms with Gasteiger partial charge < -0.3 is 15.6 Å². The average molecular weight is 223 g/mol. The first-order valence-electron chi connectivity index (χ1n) is 4.70. The van der Waals surface area contributed by atoms with E-state index in [2.05, 4.69) is 4.74 Å². The van der Waals surface area contributed by atoms with Crippen LogP contribution in [0, 0.1) is 0 Å². The lowest BCUT2D eigenvalue weighted by atomic mass is 10.0. The van der Waals surface area contributed by atoms with E-state index in [1.165, 1.54) is 19.2 Å². The summed E-state index contributed by atoms with van der Waals surface area (Å²) in [4.78, 5) is 21.8. The summed E-state index contributed by atoms with van der Waals surface area (Å²) in [6.45, 7) is 0. The molecule has 86 valence electrons. The molecule has 5 heteroatoms. The van der Waals surface area contributed by atoms with Crippen molar-refractivity contribution in [2.24, 2.45) is 5.73 Å². The van der Waals surface area contributed by atoms with Crippen molar-refractivity contribution in [3.8, 4) is 0 Å². The molecule has 1 aromatic rings. The minimum absolute atomic E-state index is 0.176. The van der Waals surface area contributed by atoms with E-state index in [9.17, 15) is 9.59 Å². The van der Waals surface area contributed by atoms with E-state index in [-0.39, 0.29) is 12.0 Å². The topological polar surface area (TPSA) is 89.6 Å². The summed E-state index contributed by atoms with van der Waals surface area (Å²) in [5, 5.41) is 8.78. The van der Waals surface area contributed by atoms with Gasteiger partial charge in [0.05, 0.1) is 12.7 Å². The molecular weight excluding hydrogens is 210 g/mol. The Bertz CT molecular complexity index is 403. The van der Waals surface area contributed by atoms with E-state index in [0.29, 0.717) is 5.56 Å². The molecule has 0 aliphatic carbocycles. The Hall–Kier alpha value is -1.88. The summed E-state index contributed by atoms with van der Waals surface area (Å²) in [5.41, 5.74) is 6.43. The van der Waals surface area contributed by atoms with Crippen LogP contribution in [-0.4, -0.2) is 30.2 Å². The second-order valence-corrected chi connectivity index (χ2v) is 3.34. The Labute approximate surface area is 92.8 Å². The van der Waals surface area contributed by atoms with Gasteiger partial charge in [-0.3, -0.25) is 4.79 Å². The van der Waals surface area contributed by atoms with Crippen LogP contribution in [0.15, 0.2) is 24.3 Å². The van der Waals surface area contributed by atoms with Crippen LogP contribution in [0.3, 0.4) is 0 Å². The Morgan fingerprint density at radius 1 is 1.50 bits per heavy atom. The van der Waals surface area contributed by atoms with Crippen LogP contribution < -0.4 is 5.73 Å². The lowest BCUT2D eigenvalue weighted by Gasteiger charge is -2.09. The molecule has 0 fully saturated rings. The van der Waals surface area contributed by atoms with Crippen LogP contribution in [-0.2, 0) is 16.0 Å². The van der Waals surface area contributed by atoms with E-state index in [4.69, 9.17) is 10.8 Å². The third kappa shape index (κ3) is 3.06. The molecule has 3 N–H and O–H groups in total. The Balaban J connectivity index is 2.78. The zero-order chi connectivity index (χ0) is 12.1. The Morgan fingerprint density at radius 2 is 2.19 bits per heavy atom. The van der Waals surface area contributed by atoms with Gasteiger partial charge in [-0.1, -0.05) is 12.1 Å². The number of esters is 1. The quantitative estimate of drug-likeness (QED) is 0.722. The average Bonchev–Trinajstić information content (AvgIpc) is 2.28. The number of carbonyl (C=O) groups is 2. The molecule has 0 aliphatic rings. The van der Waals surface area contributed by atoms with Crippen molar-refractivity contribution >= 4 is 11.9 Å². The zero-order valence-electron chi connectivity index (χ0n) is 8.84. The van der Waals surface area contributed by atoms with Crippen molar-refractivity contribution in [2.45, 2.75) is 12.5 Å². The van der Waals surface area contributed by atoms with Crippen molar-refractivity contribution in [3.63, 3.8) is 0 Å². The smallest absolute Gasteiger partial charge is 0.335 e. The highest BCUT2D eigenvalue weighted by Gasteiger charge is 2.14. The van der Waals surface area contributed by atoms with E-state index in [1.807, 2.05) is 0 Å². The monoisotopic (exact) mass is 223 g/mol. The fourth-order valence-electron chi connectivity index (χ4n) is 1.32. The minimum atomic E-state index is -1.01. The van der Waals surface area contributed by atoms with Gasteiger partial charge in [0.2, 0.25) is 0 Å². The van der Waals surface area contributed by atoms with Crippen LogP contribution in [0.5, 0.6) is 0 Å². The number of nitrogens with two attached hydrogens (primary N) is 1. The number of rotatable bonds is 4. The van der Waals surface area contributed by atoms with E-state index in [1.54, 1.807) is 12.1 Å². The molecular formula is C11H13NO4. The number of hydrogen-bond donors (Lipinski definition) is 2. The summed E-state index contributed by atoms with van der Waals surface area (Å²) in [7, 11) is 1.26. The highest BCUT2D eigenvalue weighted by atomic mass is 16.5. The van der Waals surface area contributed by atoms with Crippen LogP contribution >= 0.6 is 0 Å². The number of carbonyl (C=O) groups excluding carboxylic acids is 1. The number of methoxy groups -OCH3 is 1. The SMILES string of the molecule is COC(=O)[C@@H](N)Cc1cccc(C(=O)O)c1. The first-order chi connectivity index (χ1) is 7.54. The van der Waals surface area contributed by atoms with Crippen LogP contribution in [0.1, 0.15) is 15.9 Å². The molecule has 0 saturated carbocycles. The third-order valence-corrected chi connectivity index (χ3v) is 2.13. The Morgan fingerprint density at radius 3 is 2.75 bits per heavy atom. The van der Waals surface area contributed by atoms with E-state index < -0.39 is 18.0 Å². The zero-order valence-corrected chi connectivity index (χ0v) is 8.84. The summed E-state index contributed by atoms with van der Waals surface area (Å²) in [5.74, 6) is -1.52. The van der Waals surface area contributed by atoms with Crippen molar-refractivity contribution in [1.82, 2.24) is 0 Å². The van der Waals surface area contributed by atoms with Crippen molar-refractivity contribution in [2.75, 3.05) is 7.11 Å². The molecule has 0 spiro atoms. The second-order valence-electron chi connectivity index (χ2n) is 3.34. The molecule has 5 nitrogen and oxygen atoms in total. The summed E-state index contributed by atoms with van der Waals surface area (Å²) in [6.07, 6.45) is 0.258. The second kappa shape index (κ2) is 5.27. The van der Waals surface area contributed by atoms with Gasteiger partial charge in [0.1, 0.15) is 6.04 Å². The third-order valence-electron chi connectivity index (χ3n) is 2.13. The van der Waals surface area contributed by atoms with Gasteiger partial charge in [0.15, 0.2) is 0 Å². The van der Waals surface area contributed by atoms with Crippen LogP contribution in [0.4, 0.5) is 0 Å². The van der Waals surface area contributed by atoms with Gasteiger partial charge in [0, 0.05) is 0 Å². The highest BCUT2D eigenvalue weighted by molar-refractivity contribution is 5.87. The van der Waals surface area contributed by atoms with Gasteiger partial charge in [-0.15, -0.1) is 0 Å². The molecule has 0 aliphatic heterocycles. The predicted molar refractivity (Wildman–Crippen MR) is 57.1 cm³/mol. The number of benzene rings is 1. The Kier molecular flexibility index (Phi) is 4.02. The van der Waals surface area contributed by atoms with Gasteiger partial charge in [-0.05, 0) is 24.1 Å². The molecule has 0 unspecified atom stereocenters. The van der Waals surface area contributed by atoms with Crippen LogP contribution in [0.2, 0.25) is 0 Å². The molecule has 16 heavy (non-hydrogen) atoms. The molecule has 0 saturated heterocycles. The number of ether oxygens (including phenoxy) is 1. The lowest BCUT2D eigenvalue weighted by Crippen LogP contribution is -2.33. The molecule has 0 aromatic heterocycles. The number of aromatic carboxylic acids is 1. The molecule has 1 rings (SSSR count). The van der Waals surface area contributed by atoms with E-state index in [0.717, 1.165) is 0 Å². The predicted octanol–water partition coefficient (Wildman–Crippen LogP) is 0.428. The highest BCUT2D eigenvalue weighted by Crippen LogP contribution is 2.07. The normalized spacial score (nSPS) is 11.9. The molecule has 0 amide bonds. The first-order valence-corrected chi connectivity index (χ1v) is 4.70. The van der Waals surface area contributed by atoms with Gasteiger partial charge >= 0.3 is 11.9 Å². The maximum Gasteiger partial charge on any atom is 0.335 e. The van der Waals surface area contributed by atoms with Gasteiger partial charge in [-0.2, -0.15) is 0 Å². The molecule has 0 heterocycles. The molecule has 1 atom stereocenters. The fourth-order valence-corrected chi connectivity index (χ4v) is 1.32. The summed E-state index contributed by atoms with van der Waals surface area (Å²) < 4.78 is 4.48. The number of carboxylic acids is 1. The minimum Gasteiger partial charge on any atom is -0.478 e. The number of hydrogen-bond acceptors (Lipinski definition) is 4. The fraction of sp³-hybridized carbons (Fsp3) is 0.273. The van der Waals surface area contributed by atoms with Crippen molar-refractivity contribution in [3.05, 3.63) is 35.4 Å². The van der Waals surface area contributed by atoms with Crippen LogP contribution in [0.25, 0.3) is 0 Å². The van der Waals surface area contributed by atoms with Gasteiger partial charge in [-0.25, -0.2) is 4.79 Å². The molecule has 0 radical (unpaired) electrons. The summed E-state index contributed by atoms with van der Waals surface area (Å²) in [6, 6.07) is 5.53. The first kappa shape index (κ1) is 12.2. The van der Waals surface area contributed by atoms with Crippen molar-refractivity contribution < 1.29 is 19.4 Å². The number of carboxylic acid groups (broad SMARTS) is 1. The molecule has 1 aromatic carbocycles.